The van der Waals surface area contributed by atoms with E-state index >= 15 is 0 Å². The van der Waals surface area contributed by atoms with Crippen LogP contribution >= 0.6 is 11.3 Å². The molecule has 5 heteroatoms. The van der Waals surface area contributed by atoms with Crippen molar-refractivity contribution in [3.8, 4) is 0 Å². The number of nitrogens with zero attached hydrogens (tertiary/aromatic N) is 4. The number of hydrogen-bond acceptors (Lipinski definition) is 5. The molecule has 0 N–H and O–H groups in total. The monoisotopic (exact) mass is 330 g/mol. The van der Waals surface area contributed by atoms with Crippen molar-refractivity contribution < 1.29 is 0 Å². The minimum absolute atomic E-state index is 0.817. The van der Waals surface area contributed by atoms with Gasteiger partial charge in [0, 0.05) is 32.2 Å². The number of anilines is 1. The van der Waals surface area contributed by atoms with E-state index in [1.807, 2.05) is 11.3 Å². The topological polar surface area (TPSA) is 22.6 Å². The van der Waals surface area contributed by atoms with Crippen LogP contribution in [0.15, 0.2) is 24.3 Å². The van der Waals surface area contributed by atoms with E-state index in [2.05, 4.69) is 46.0 Å². The molecule has 0 aliphatic carbocycles. The van der Waals surface area contributed by atoms with Crippen LogP contribution < -0.4 is 4.90 Å². The molecule has 1 atom stereocenters. The summed E-state index contributed by atoms with van der Waals surface area (Å²) in [4.78, 5) is 12.4. The van der Waals surface area contributed by atoms with Gasteiger partial charge in [0.05, 0.1) is 10.2 Å². The van der Waals surface area contributed by atoms with Gasteiger partial charge >= 0.3 is 0 Å². The average molecular weight is 331 g/mol. The van der Waals surface area contributed by atoms with Crippen LogP contribution in [0.4, 0.5) is 5.13 Å². The van der Waals surface area contributed by atoms with E-state index in [9.17, 15) is 0 Å². The maximum absolute atomic E-state index is 4.80. The predicted octanol–water partition coefficient (Wildman–Crippen LogP) is 2.90. The molecule has 1 aromatic carbocycles. The molecular formula is C18H26N4S. The summed E-state index contributed by atoms with van der Waals surface area (Å²) in [5.41, 5.74) is 1.14. The molecule has 3 heterocycles. The van der Waals surface area contributed by atoms with Gasteiger partial charge in [0.25, 0.3) is 0 Å². The van der Waals surface area contributed by atoms with Gasteiger partial charge in [0.2, 0.25) is 0 Å². The molecule has 124 valence electrons. The average Bonchev–Trinajstić information content (AvgIpc) is 3.19. The predicted molar refractivity (Wildman–Crippen MR) is 98.5 cm³/mol. The highest BCUT2D eigenvalue weighted by Gasteiger charge is 2.23. The van der Waals surface area contributed by atoms with E-state index in [-0.39, 0.29) is 0 Å². The minimum Gasteiger partial charge on any atom is -0.345 e. The number of benzene rings is 1. The largest absolute Gasteiger partial charge is 0.345 e. The maximum Gasteiger partial charge on any atom is 0.186 e. The van der Waals surface area contributed by atoms with Crippen molar-refractivity contribution in [1.82, 2.24) is 14.8 Å². The second-order valence-corrected chi connectivity index (χ2v) is 7.87. The second kappa shape index (κ2) is 6.75. The van der Waals surface area contributed by atoms with Gasteiger partial charge in [0.1, 0.15) is 0 Å². The van der Waals surface area contributed by atoms with Crippen LogP contribution in [-0.2, 0) is 0 Å². The fraction of sp³-hybridized carbons (Fsp3) is 0.611. The van der Waals surface area contributed by atoms with Crippen LogP contribution in [0.3, 0.4) is 0 Å². The Hall–Kier alpha value is -1.17. The van der Waals surface area contributed by atoms with E-state index in [0.29, 0.717) is 0 Å². The number of rotatable bonds is 4. The molecule has 0 radical (unpaired) electrons. The van der Waals surface area contributed by atoms with E-state index < -0.39 is 0 Å². The Bertz CT molecular complexity index is 614. The van der Waals surface area contributed by atoms with Crippen molar-refractivity contribution in [3.05, 3.63) is 24.3 Å². The SMILES string of the molecule is CN1CCCC1CCN1CCN(c2nc3ccccc3s2)CC1. The standard InChI is InChI=1S/C18H26N4S/c1-20-9-4-5-15(20)8-10-21-11-13-22(14-12-21)18-19-16-6-2-3-7-17(16)23-18/h2-3,6-7,15H,4-5,8-14H2,1H3. The first-order valence-electron chi connectivity index (χ1n) is 8.83. The molecule has 2 fully saturated rings. The van der Waals surface area contributed by atoms with E-state index in [4.69, 9.17) is 4.98 Å². The van der Waals surface area contributed by atoms with Gasteiger partial charge in [-0.05, 0) is 51.5 Å². The second-order valence-electron chi connectivity index (χ2n) is 6.86. The Kier molecular flexibility index (Phi) is 4.51. The molecule has 0 spiro atoms. The van der Waals surface area contributed by atoms with Crippen molar-refractivity contribution in [2.75, 3.05) is 51.2 Å². The highest BCUT2D eigenvalue weighted by Crippen LogP contribution is 2.29. The fourth-order valence-electron chi connectivity index (χ4n) is 3.83. The van der Waals surface area contributed by atoms with Crippen LogP contribution in [0.2, 0.25) is 0 Å². The van der Waals surface area contributed by atoms with Crippen molar-refractivity contribution in [1.29, 1.82) is 0 Å². The van der Waals surface area contributed by atoms with Crippen molar-refractivity contribution in [2.45, 2.75) is 25.3 Å². The quantitative estimate of drug-likeness (QED) is 0.860. The third kappa shape index (κ3) is 3.37. The first-order valence-corrected chi connectivity index (χ1v) is 9.64. The molecule has 0 bridgehead atoms. The van der Waals surface area contributed by atoms with E-state index in [1.165, 1.54) is 55.3 Å². The molecule has 23 heavy (non-hydrogen) atoms. The number of thiazole rings is 1. The molecule has 0 amide bonds. The van der Waals surface area contributed by atoms with Crippen LogP contribution in [0.25, 0.3) is 10.2 Å². The first-order chi connectivity index (χ1) is 11.3. The number of hydrogen-bond donors (Lipinski definition) is 0. The number of fused-ring (bicyclic) bond motifs is 1. The summed E-state index contributed by atoms with van der Waals surface area (Å²) < 4.78 is 1.30. The Morgan fingerprint density at radius 3 is 2.70 bits per heavy atom. The van der Waals surface area contributed by atoms with Crippen LogP contribution in [0.5, 0.6) is 0 Å². The van der Waals surface area contributed by atoms with Gasteiger partial charge in [-0.25, -0.2) is 4.98 Å². The van der Waals surface area contributed by atoms with Gasteiger partial charge in [-0.1, -0.05) is 23.5 Å². The minimum atomic E-state index is 0.817. The molecular weight excluding hydrogens is 304 g/mol. The van der Waals surface area contributed by atoms with Crippen molar-refractivity contribution in [2.24, 2.45) is 0 Å². The molecule has 4 rings (SSSR count). The van der Waals surface area contributed by atoms with Gasteiger partial charge in [-0.2, -0.15) is 0 Å². The molecule has 1 aromatic heterocycles. The molecule has 1 unspecified atom stereocenters. The fourth-order valence-corrected chi connectivity index (χ4v) is 4.85. The third-order valence-corrected chi connectivity index (χ3v) is 6.47. The lowest BCUT2D eigenvalue weighted by molar-refractivity contribution is 0.215. The number of likely N-dealkylation sites (tertiary alicyclic amines) is 1. The Labute approximate surface area is 142 Å². The Morgan fingerprint density at radius 2 is 1.96 bits per heavy atom. The number of para-hydroxylation sites is 1. The molecule has 2 aliphatic heterocycles. The summed E-state index contributed by atoms with van der Waals surface area (Å²) >= 11 is 1.83. The number of piperazine rings is 1. The number of aromatic nitrogens is 1. The molecule has 0 saturated carbocycles. The van der Waals surface area contributed by atoms with Crippen LogP contribution in [-0.4, -0.2) is 67.1 Å². The van der Waals surface area contributed by atoms with Crippen LogP contribution in [0, 0.1) is 0 Å². The lowest BCUT2D eigenvalue weighted by Gasteiger charge is -2.35. The lowest BCUT2D eigenvalue weighted by atomic mass is 10.1. The maximum atomic E-state index is 4.80. The zero-order valence-electron chi connectivity index (χ0n) is 13.9. The zero-order valence-corrected chi connectivity index (χ0v) is 14.8. The highest BCUT2D eigenvalue weighted by molar-refractivity contribution is 7.22. The highest BCUT2D eigenvalue weighted by atomic mass is 32.1. The summed E-state index contributed by atoms with van der Waals surface area (Å²) in [5.74, 6) is 0. The first kappa shape index (κ1) is 15.4. The summed E-state index contributed by atoms with van der Waals surface area (Å²) in [5, 5.41) is 1.20. The molecule has 2 aliphatic rings. The molecule has 4 nitrogen and oxygen atoms in total. The van der Waals surface area contributed by atoms with Gasteiger partial charge < -0.3 is 9.80 Å². The molecule has 2 aromatic rings. The van der Waals surface area contributed by atoms with Crippen molar-refractivity contribution in [3.63, 3.8) is 0 Å². The van der Waals surface area contributed by atoms with Gasteiger partial charge in [-0.15, -0.1) is 0 Å². The normalized spacial score (nSPS) is 23.9. The van der Waals surface area contributed by atoms with Gasteiger partial charge in [-0.3, -0.25) is 4.90 Å². The van der Waals surface area contributed by atoms with E-state index in [0.717, 1.165) is 24.6 Å². The van der Waals surface area contributed by atoms with E-state index in [1.54, 1.807) is 0 Å². The summed E-state index contributed by atoms with van der Waals surface area (Å²) in [6.07, 6.45) is 4.10. The lowest BCUT2D eigenvalue weighted by Crippen LogP contribution is -2.47. The Balaban J connectivity index is 1.30. The van der Waals surface area contributed by atoms with Crippen LogP contribution in [0.1, 0.15) is 19.3 Å². The Morgan fingerprint density at radius 1 is 1.13 bits per heavy atom. The summed E-state index contributed by atoms with van der Waals surface area (Å²) in [6, 6.07) is 9.28. The molecule has 2 saturated heterocycles. The van der Waals surface area contributed by atoms with Gasteiger partial charge in [0.15, 0.2) is 5.13 Å². The van der Waals surface area contributed by atoms with Crippen molar-refractivity contribution >= 4 is 26.7 Å². The zero-order chi connectivity index (χ0) is 15.6. The summed E-state index contributed by atoms with van der Waals surface area (Å²) in [7, 11) is 2.28. The third-order valence-electron chi connectivity index (χ3n) is 5.38. The smallest absolute Gasteiger partial charge is 0.186 e. The summed E-state index contributed by atoms with van der Waals surface area (Å²) in [6.45, 7) is 7.11.